The highest BCUT2D eigenvalue weighted by Crippen LogP contribution is 2.26. The summed E-state index contributed by atoms with van der Waals surface area (Å²) in [6, 6.07) is 5.33. The molecular weight excluding hydrogens is 269 g/mol. The largest absolute Gasteiger partial charge is 0.326 e. The lowest BCUT2D eigenvalue weighted by molar-refractivity contribution is 0.600. The fourth-order valence-electron chi connectivity index (χ4n) is 1.48. The monoisotopic (exact) mass is 283 g/mol. The van der Waals surface area contributed by atoms with Crippen LogP contribution in [-0.4, -0.2) is 9.36 Å². The van der Waals surface area contributed by atoms with Crippen LogP contribution < -0.4 is 5.73 Å². The minimum atomic E-state index is -0.201. The maximum Gasteiger partial charge on any atom is 0.170 e. The van der Waals surface area contributed by atoms with Crippen LogP contribution in [0.1, 0.15) is 23.9 Å². The van der Waals surface area contributed by atoms with Gasteiger partial charge in [0.25, 0.3) is 0 Å². The fourth-order valence-corrected chi connectivity index (χ4v) is 3.15. The van der Waals surface area contributed by atoms with Crippen molar-refractivity contribution in [3.8, 4) is 0 Å². The maximum absolute atomic E-state index is 13.9. The second-order valence-corrected chi connectivity index (χ2v) is 5.69. The Morgan fingerprint density at radius 2 is 2.17 bits per heavy atom. The predicted molar refractivity (Wildman–Crippen MR) is 73.1 cm³/mol. The molecule has 96 valence electrons. The normalized spacial score (nSPS) is 10.8. The first-order chi connectivity index (χ1) is 8.74. The van der Waals surface area contributed by atoms with Crippen molar-refractivity contribution >= 4 is 23.3 Å². The SMILES string of the molecule is CCc1nsc(SCc2cccc(CN)c2F)n1. The van der Waals surface area contributed by atoms with E-state index >= 15 is 0 Å². The van der Waals surface area contributed by atoms with Crippen molar-refractivity contribution in [2.45, 2.75) is 30.0 Å². The van der Waals surface area contributed by atoms with Crippen LogP contribution in [0.5, 0.6) is 0 Å². The molecule has 0 saturated heterocycles. The van der Waals surface area contributed by atoms with Gasteiger partial charge in [-0.15, -0.1) is 0 Å². The molecule has 18 heavy (non-hydrogen) atoms. The predicted octanol–water partition coefficient (Wildman–Crippen LogP) is 2.99. The third-order valence-electron chi connectivity index (χ3n) is 2.50. The summed E-state index contributed by atoms with van der Waals surface area (Å²) in [6.07, 6.45) is 0.827. The van der Waals surface area contributed by atoms with E-state index in [1.54, 1.807) is 12.1 Å². The van der Waals surface area contributed by atoms with Crippen molar-refractivity contribution in [1.29, 1.82) is 0 Å². The molecule has 2 aromatic rings. The smallest absolute Gasteiger partial charge is 0.170 e. The van der Waals surface area contributed by atoms with Gasteiger partial charge in [0, 0.05) is 24.3 Å². The molecule has 0 bridgehead atoms. The van der Waals surface area contributed by atoms with Crippen LogP contribution in [0.3, 0.4) is 0 Å². The Hall–Kier alpha value is -0.980. The zero-order chi connectivity index (χ0) is 13.0. The van der Waals surface area contributed by atoms with Crippen LogP contribution in [0.2, 0.25) is 0 Å². The fraction of sp³-hybridized carbons (Fsp3) is 0.333. The minimum Gasteiger partial charge on any atom is -0.326 e. The third kappa shape index (κ3) is 3.07. The average Bonchev–Trinajstić information content (AvgIpc) is 2.85. The summed E-state index contributed by atoms with van der Waals surface area (Å²) in [6.45, 7) is 2.24. The molecule has 1 aromatic carbocycles. The molecule has 3 nitrogen and oxygen atoms in total. The lowest BCUT2D eigenvalue weighted by Crippen LogP contribution is -2.02. The van der Waals surface area contributed by atoms with Gasteiger partial charge in [0.2, 0.25) is 0 Å². The summed E-state index contributed by atoms with van der Waals surface area (Å²) < 4.78 is 19.0. The van der Waals surface area contributed by atoms with E-state index in [9.17, 15) is 4.39 Å². The van der Waals surface area contributed by atoms with Crippen molar-refractivity contribution in [3.05, 3.63) is 41.0 Å². The van der Waals surface area contributed by atoms with Gasteiger partial charge in [0.05, 0.1) is 0 Å². The van der Waals surface area contributed by atoms with E-state index in [2.05, 4.69) is 9.36 Å². The second kappa shape index (κ2) is 6.26. The molecule has 6 heteroatoms. The van der Waals surface area contributed by atoms with E-state index in [4.69, 9.17) is 5.73 Å². The Balaban J connectivity index is 2.06. The molecule has 0 unspecified atom stereocenters. The molecule has 0 spiro atoms. The van der Waals surface area contributed by atoms with Crippen molar-refractivity contribution in [3.63, 3.8) is 0 Å². The van der Waals surface area contributed by atoms with Gasteiger partial charge >= 0.3 is 0 Å². The standard InChI is InChI=1S/C12H14FN3S2/c1-2-10-15-12(18-16-10)17-7-9-5-3-4-8(6-14)11(9)13/h3-5H,2,6-7,14H2,1H3. The van der Waals surface area contributed by atoms with E-state index in [1.807, 2.05) is 13.0 Å². The average molecular weight is 283 g/mol. The first-order valence-electron chi connectivity index (χ1n) is 5.66. The summed E-state index contributed by atoms with van der Waals surface area (Å²) >= 11 is 2.87. The van der Waals surface area contributed by atoms with Crippen molar-refractivity contribution in [1.82, 2.24) is 9.36 Å². The number of nitrogens with zero attached hydrogens (tertiary/aromatic N) is 2. The molecule has 0 aliphatic heterocycles. The molecular formula is C12H14FN3S2. The summed E-state index contributed by atoms with van der Waals surface area (Å²) in [7, 11) is 0. The number of nitrogens with two attached hydrogens (primary N) is 1. The lowest BCUT2D eigenvalue weighted by Gasteiger charge is -2.05. The van der Waals surface area contributed by atoms with E-state index < -0.39 is 0 Å². The van der Waals surface area contributed by atoms with Crippen molar-refractivity contribution in [2.75, 3.05) is 0 Å². The zero-order valence-corrected chi connectivity index (χ0v) is 11.7. The van der Waals surface area contributed by atoms with Crippen LogP contribution in [0, 0.1) is 5.82 Å². The molecule has 0 fully saturated rings. The van der Waals surface area contributed by atoms with Gasteiger partial charge < -0.3 is 5.73 Å². The van der Waals surface area contributed by atoms with Crippen molar-refractivity contribution in [2.24, 2.45) is 5.73 Å². The van der Waals surface area contributed by atoms with Crippen LogP contribution in [0.4, 0.5) is 4.39 Å². The van der Waals surface area contributed by atoms with Gasteiger partial charge in [-0.2, -0.15) is 4.37 Å². The summed E-state index contributed by atoms with van der Waals surface area (Å²) in [4.78, 5) is 4.34. The van der Waals surface area contributed by atoms with E-state index in [1.165, 1.54) is 23.3 Å². The summed E-state index contributed by atoms with van der Waals surface area (Å²) in [5.41, 5.74) is 6.70. The highest BCUT2D eigenvalue weighted by atomic mass is 32.2. The maximum atomic E-state index is 13.9. The van der Waals surface area contributed by atoms with Crippen LogP contribution >= 0.6 is 23.3 Å². The summed E-state index contributed by atoms with van der Waals surface area (Å²) in [5.74, 6) is 1.20. The number of thioether (sulfide) groups is 1. The molecule has 1 heterocycles. The van der Waals surface area contributed by atoms with Gasteiger partial charge in [-0.3, -0.25) is 0 Å². The Morgan fingerprint density at radius 3 is 2.83 bits per heavy atom. The topological polar surface area (TPSA) is 51.8 Å². The first kappa shape index (κ1) is 13.5. The van der Waals surface area contributed by atoms with Gasteiger partial charge in [-0.1, -0.05) is 36.9 Å². The number of halogens is 1. The number of benzene rings is 1. The number of rotatable bonds is 5. The Labute approximate surface area is 114 Å². The summed E-state index contributed by atoms with van der Waals surface area (Å²) in [5, 5.41) is 0. The molecule has 0 aliphatic rings. The Morgan fingerprint density at radius 1 is 1.39 bits per heavy atom. The number of aromatic nitrogens is 2. The molecule has 0 aliphatic carbocycles. The zero-order valence-electron chi connectivity index (χ0n) is 10.0. The minimum absolute atomic E-state index is 0.201. The second-order valence-electron chi connectivity index (χ2n) is 3.71. The molecule has 0 atom stereocenters. The Bertz CT molecular complexity index is 528. The van der Waals surface area contributed by atoms with Gasteiger partial charge in [0.15, 0.2) is 4.34 Å². The molecule has 2 rings (SSSR count). The number of aryl methyl sites for hydroxylation is 1. The van der Waals surface area contributed by atoms with Crippen LogP contribution in [0.15, 0.2) is 22.5 Å². The molecule has 0 saturated carbocycles. The first-order valence-corrected chi connectivity index (χ1v) is 7.42. The molecule has 1 aromatic heterocycles. The highest BCUT2D eigenvalue weighted by molar-refractivity contribution is 8.00. The number of hydrogen-bond donors (Lipinski definition) is 1. The van der Waals surface area contributed by atoms with E-state index in [-0.39, 0.29) is 12.4 Å². The Kier molecular flexibility index (Phi) is 4.68. The number of hydrogen-bond acceptors (Lipinski definition) is 5. The van der Waals surface area contributed by atoms with Crippen LogP contribution in [0.25, 0.3) is 0 Å². The van der Waals surface area contributed by atoms with Crippen LogP contribution in [-0.2, 0) is 18.7 Å². The molecule has 0 radical (unpaired) electrons. The quantitative estimate of drug-likeness (QED) is 0.857. The molecule has 2 N–H and O–H groups in total. The van der Waals surface area contributed by atoms with E-state index in [0.717, 1.165) is 16.6 Å². The van der Waals surface area contributed by atoms with Crippen molar-refractivity contribution < 1.29 is 4.39 Å². The molecule has 0 amide bonds. The third-order valence-corrected chi connectivity index (χ3v) is 4.42. The van der Waals surface area contributed by atoms with E-state index in [0.29, 0.717) is 16.9 Å². The van der Waals surface area contributed by atoms with Gasteiger partial charge in [-0.25, -0.2) is 9.37 Å². The highest BCUT2D eigenvalue weighted by Gasteiger charge is 2.09. The van der Waals surface area contributed by atoms with Gasteiger partial charge in [0.1, 0.15) is 11.6 Å². The van der Waals surface area contributed by atoms with Gasteiger partial charge in [-0.05, 0) is 17.1 Å². The lowest BCUT2D eigenvalue weighted by atomic mass is 10.1.